The van der Waals surface area contributed by atoms with Gasteiger partial charge in [0.1, 0.15) is 5.94 Å². The van der Waals surface area contributed by atoms with Crippen LogP contribution in [0.2, 0.25) is 0 Å². The maximum Gasteiger partial charge on any atom is 0.306 e. The summed E-state index contributed by atoms with van der Waals surface area (Å²) in [5, 5.41) is 0. The van der Waals surface area contributed by atoms with Gasteiger partial charge in [0.25, 0.3) is 0 Å². The third kappa shape index (κ3) is 14.7. The van der Waals surface area contributed by atoms with Crippen LogP contribution in [-0.2, 0) is 9.53 Å². The van der Waals surface area contributed by atoms with E-state index in [-0.39, 0.29) is 5.97 Å². The molecule has 1 rings (SSSR count). The van der Waals surface area contributed by atoms with Crippen LogP contribution in [0.25, 0.3) is 0 Å². The van der Waals surface area contributed by atoms with E-state index in [0.717, 1.165) is 31.8 Å². The molecule has 0 aromatic heterocycles. The zero-order chi connectivity index (χ0) is 20.3. The van der Waals surface area contributed by atoms with Crippen LogP contribution >= 0.6 is 11.8 Å². The molecule has 4 nitrogen and oxygen atoms in total. The van der Waals surface area contributed by atoms with Gasteiger partial charge in [-0.15, -0.1) is 11.8 Å². The Hall–Kier alpha value is -0.260. The van der Waals surface area contributed by atoms with Crippen LogP contribution in [0.1, 0.15) is 97.3 Å². The number of rotatable bonds is 19. The Balaban J connectivity index is 1.87. The summed E-state index contributed by atoms with van der Waals surface area (Å²) >= 11 is 1.72. The Morgan fingerprint density at radius 1 is 0.929 bits per heavy atom. The van der Waals surface area contributed by atoms with E-state index < -0.39 is 0 Å². The van der Waals surface area contributed by atoms with Gasteiger partial charge < -0.3 is 9.64 Å². The summed E-state index contributed by atoms with van der Waals surface area (Å²) in [4.78, 5) is 16.9. The summed E-state index contributed by atoms with van der Waals surface area (Å²) in [6, 6.07) is 0. The molecule has 0 aliphatic carbocycles. The number of unbranched alkanes of at least 4 members (excludes halogenated alkanes) is 8. The number of carbonyl (C=O) groups excluding carboxylic acids is 1. The molecular formula is C23H46N2O2S. The predicted octanol–water partition coefficient (Wildman–Crippen LogP) is 5.91. The molecular weight excluding hydrogens is 368 g/mol. The highest BCUT2D eigenvalue weighted by atomic mass is 32.2. The average Bonchev–Trinajstić information content (AvgIpc) is 3.22. The molecule has 1 fully saturated rings. The molecule has 28 heavy (non-hydrogen) atoms. The van der Waals surface area contributed by atoms with E-state index in [2.05, 4.69) is 23.6 Å². The van der Waals surface area contributed by atoms with Gasteiger partial charge in [0, 0.05) is 18.8 Å². The molecule has 0 spiro atoms. The van der Waals surface area contributed by atoms with Crippen molar-refractivity contribution in [3.8, 4) is 0 Å². The molecule has 0 aromatic carbocycles. The minimum Gasteiger partial charge on any atom is -0.455 e. The van der Waals surface area contributed by atoms with Gasteiger partial charge in [-0.05, 0) is 51.9 Å². The van der Waals surface area contributed by atoms with Crippen molar-refractivity contribution in [2.75, 3.05) is 44.5 Å². The maximum absolute atomic E-state index is 11.8. The minimum absolute atomic E-state index is 0.0208. The molecule has 1 aliphatic heterocycles. The van der Waals surface area contributed by atoms with Crippen molar-refractivity contribution in [3.63, 3.8) is 0 Å². The summed E-state index contributed by atoms with van der Waals surface area (Å²) in [6.07, 6.45) is 16.1. The van der Waals surface area contributed by atoms with E-state index in [1.165, 1.54) is 83.8 Å². The zero-order valence-corrected chi connectivity index (χ0v) is 19.6. The number of hydrogen-bond donors (Lipinski definition) is 0. The van der Waals surface area contributed by atoms with Crippen LogP contribution in [-0.4, -0.2) is 60.3 Å². The maximum atomic E-state index is 11.8. The zero-order valence-electron chi connectivity index (χ0n) is 18.8. The molecule has 166 valence electrons. The Bertz CT molecular complexity index is 363. The SMILES string of the molecule is CCCCCCCCCCCC(=O)OCSCN(CC)CCCN1CCCC1. The van der Waals surface area contributed by atoms with Gasteiger partial charge >= 0.3 is 5.97 Å². The van der Waals surface area contributed by atoms with Gasteiger partial charge in [-0.1, -0.05) is 65.2 Å². The van der Waals surface area contributed by atoms with Gasteiger partial charge in [-0.2, -0.15) is 0 Å². The largest absolute Gasteiger partial charge is 0.455 e. The average molecular weight is 415 g/mol. The van der Waals surface area contributed by atoms with Crippen molar-refractivity contribution in [1.82, 2.24) is 9.80 Å². The fraction of sp³-hybridized carbons (Fsp3) is 0.957. The second-order valence-electron chi connectivity index (χ2n) is 8.16. The first kappa shape index (κ1) is 25.8. The van der Waals surface area contributed by atoms with E-state index >= 15 is 0 Å². The van der Waals surface area contributed by atoms with Gasteiger partial charge in [-0.3, -0.25) is 9.69 Å². The third-order valence-electron chi connectivity index (χ3n) is 5.66. The summed E-state index contributed by atoms with van der Waals surface area (Å²) < 4.78 is 5.38. The topological polar surface area (TPSA) is 32.8 Å². The summed E-state index contributed by atoms with van der Waals surface area (Å²) in [5.41, 5.74) is 0. The van der Waals surface area contributed by atoms with Gasteiger partial charge in [0.2, 0.25) is 0 Å². The van der Waals surface area contributed by atoms with Crippen LogP contribution in [0.4, 0.5) is 0 Å². The lowest BCUT2D eigenvalue weighted by molar-refractivity contribution is -0.141. The molecule has 1 heterocycles. The molecule has 0 N–H and O–H groups in total. The van der Waals surface area contributed by atoms with Crippen LogP contribution < -0.4 is 0 Å². The van der Waals surface area contributed by atoms with Crippen LogP contribution in [0.3, 0.4) is 0 Å². The van der Waals surface area contributed by atoms with Gasteiger partial charge in [0.15, 0.2) is 0 Å². The summed E-state index contributed by atoms with van der Waals surface area (Å²) in [7, 11) is 0. The second-order valence-corrected chi connectivity index (χ2v) is 9.06. The van der Waals surface area contributed by atoms with Crippen LogP contribution in [0, 0.1) is 0 Å². The highest BCUT2D eigenvalue weighted by Crippen LogP contribution is 2.12. The molecule has 0 radical (unpaired) electrons. The third-order valence-corrected chi connectivity index (χ3v) is 6.49. The second kappa shape index (κ2) is 18.7. The number of hydrogen-bond acceptors (Lipinski definition) is 5. The Morgan fingerprint density at radius 3 is 2.21 bits per heavy atom. The lowest BCUT2D eigenvalue weighted by atomic mass is 10.1. The molecule has 1 aliphatic rings. The first-order valence-electron chi connectivity index (χ1n) is 11.9. The standard InChI is InChI=1S/C23H46N2O2S/c1-3-5-6-7-8-9-10-11-12-16-23(26)27-22-28-21-24(4-2)19-15-20-25-17-13-14-18-25/h3-22H2,1-2H3. The van der Waals surface area contributed by atoms with Gasteiger partial charge in [0.05, 0.1) is 0 Å². The Labute approximate surface area is 179 Å². The van der Waals surface area contributed by atoms with Crippen molar-refractivity contribution in [3.05, 3.63) is 0 Å². The van der Waals surface area contributed by atoms with E-state index in [0.29, 0.717) is 12.4 Å². The number of ether oxygens (including phenoxy) is 1. The number of thioether (sulfide) groups is 1. The molecule has 0 unspecified atom stereocenters. The number of likely N-dealkylation sites (tertiary alicyclic amines) is 1. The minimum atomic E-state index is -0.0208. The molecule has 0 amide bonds. The Kier molecular flexibility index (Phi) is 17.3. The lowest BCUT2D eigenvalue weighted by Gasteiger charge is -2.21. The molecule has 1 saturated heterocycles. The van der Waals surface area contributed by atoms with Crippen LogP contribution in [0.5, 0.6) is 0 Å². The van der Waals surface area contributed by atoms with Crippen molar-refractivity contribution in [2.45, 2.75) is 97.3 Å². The van der Waals surface area contributed by atoms with Crippen molar-refractivity contribution in [2.24, 2.45) is 0 Å². The monoisotopic (exact) mass is 414 g/mol. The first-order valence-corrected chi connectivity index (χ1v) is 13.1. The smallest absolute Gasteiger partial charge is 0.306 e. The van der Waals surface area contributed by atoms with Crippen molar-refractivity contribution >= 4 is 17.7 Å². The fourth-order valence-corrected chi connectivity index (χ4v) is 4.62. The quantitative estimate of drug-likeness (QED) is 0.149. The number of esters is 1. The van der Waals surface area contributed by atoms with E-state index in [1.807, 2.05) is 0 Å². The van der Waals surface area contributed by atoms with Crippen molar-refractivity contribution in [1.29, 1.82) is 0 Å². The van der Waals surface area contributed by atoms with Crippen LogP contribution in [0.15, 0.2) is 0 Å². The lowest BCUT2D eigenvalue weighted by Crippen LogP contribution is -2.28. The molecule has 5 heteroatoms. The molecule has 0 aromatic rings. The van der Waals surface area contributed by atoms with Crippen molar-refractivity contribution < 1.29 is 9.53 Å². The van der Waals surface area contributed by atoms with Gasteiger partial charge in [-0.25, -0.2) is 0 Å². The molecule has 0 atom stereocenters. The summed E-state index contributed by atoms with van der Waals surface area (Å²) in [6.45, 7) is 10.5. The Morgan fingerprint density at radius 2 is 1.57 bits per heavy atom. The first-order chi connectivity index (χ1) is 13.8. The fourth-order valence-electron chi connectivity index (χ4n) is 3.76. The van der Waals surface area contributed by atoms with E-state index in [1.54, 1.807) is 11.8 Å². The normalized spacial score (nSPS) is 14.8. The molecule has 0 saturated carbocycles. The van der Waals surface area contributed by atoms with E-state index in [4.69, 9.17) is 4.74 Å². The highest BCUT2D eigenvalue weighted by molar-refractivity contribution is 7.99. The number of carbonyl (C=O) groups is 1. The molecule has 0 bridgehead atoms. The summed E-state index contributed by atoms with van der Waals surface area (Å²) in [5.74, 6) is 1.44. The number of nitrogens with zero attached hydrogens (tertiary/aromatic N) is 2. The highest BCUT2D eigenvalue weighted by Gasteiger charge is 2.11. The predicted molar refractivity (Wildman–Crippen MR) is 123 cm³/mol. The van der Waals surface area contributed by atoms with E-state index in [9.17, 15) is 4.79 Å².